The average molecular weight is 571 g/mol. The van der Waals surface area contributed by atoms with Gasteiger partial charge in [-0.2, -0.15) is 0 Å². The molecule has 2 amide bonds. The highest BCUT2D eigenvalue weighted by Gasteiger charge is 2.22. The van der Waals surface area contributed by atoms with Gasteiger partial charge < -0.3 is 15.5 Å². The number of nitrogens with zero attached hydrogens (tertiary/aromatic N) is 7. The molecule has 0 aliphatic heterocycles. The van der Waals surface area contributed by atoms with Gasteiger partial charge in [-0.3, -0.25) is 9.59 Å². The summed E-state index contributed by atoms with van der Waals surface area (Å²) < 4.78 is 7.41. The molecule has 0 fully saturated rings. The lowest BCUT2D eigenvalue weighted by Gasteiger charge is -2.20. The molecular formula is C31H40N9O2+3. The summed E-state index contributed by atoms with van der Waals surface area (Å²) in [4.78, 5) is 27.8. The largest absolute Gasteiger partial charge is 0.422 e. The van der Waals surface area contributed by atoms with Crippen molar-refractivity contribution in [3.8, 4) is 0 Å². The fourth-order valence-corrected chi connectivity index (χ4v) is 4.48. The zero-order valence-corrected chi connectivity index (χ0v) is 24.3. The van der Waals surface area contributed by atoms with Gasteiger partial charge in [0.1, 0.15) is 5.69 Å². The van der Waals surface area contributed by atoms with Crippen LogP contribution in [0.5, 0.6) is 0 Å². The summed E-state index contributed by atoms with van der Waals surface area (Å²) in [5, 5.41) is 14.8. The zero-order chi connectivity index (χ0) is 29.6. The SMILES string of the molecule is CCN(CC)c1ccc(N=Nc2n(CC(=O)NCC[n+]3ccccc3)cc[n+]2CC(=O)NCC[n+]2ccccc2)cc1. The minimum absolute atomic E-state index is 0.0496. The summed E-state index contributed by atoms with van der Waals surface area (Å²) in [5.74, 6) is 0.0975. The van der Waals surface area contributed by atoms with Crippen LogP contribution in [0.2, 0.25) is 0 Å². The van der Waals surface area contributed by atoms with Gasteiger partial charge in [0.25, 0.3) is 11.8 Å². The van der Waals surface area contributed by atoms with Gasteiger partial charge in [-0.1, -0.05) is 17.2 Å². The molecule has 1 aromatic carbocycles. The van der Waals surface area contributed by atoms with Gasteiger partial charge in [0.2, 0.25) is 0 Å². The molecule has 0 saturated heterocycles. The first-order valence-electron chi connectivity index (χ1n) is 14.3. The summed E-state index contributed by atoms with van der Waals surface area (Å²) >= 11 is 0. The van der Waals surface area contributed by atoms with Gasteiger partial charge >= 0.3 is 5.95 Å². The van der Waals surface area contributed by atoms with Crippen molar-refractivity contribution >= 4 is 29.1 Å². The molecule has 4 aromatic rings. The Bertz CT molecular complexity index is 1360. The smallest absolute Gasteiger partial charge is 0.372 e. The fourth-order valence-electron chi connectivity index (χ4n) is 4.48. The van der Waals surface area contributed by atoms with E-state index in [1.54, 1.807) is 21.5 Å². The third-order valence-electron chi connectivity index (χ3n) is 6.74. The summed E-state index contributed by atoms with van der Waals surface area (Å²) in [7, 11) is 0. The van der Waals surface area contributed by atoms with Crippen molar-refractivity contribution < 1.29 is 23.3 Å². The quantitative estimate of drug-likeness (QED) is 0.169. The Balaban J connectivity index is 1.43. The van der Waals surface area contributed by atoms with Crippen LogP contribution < -0.4 is 29.2 Å². The van der Waals surface area contributed by atoms with Crippen LogP contribution in [0.1, 0.15) is 13.8 Å². The predicted octanol–water partition coefficient (Wildman–Crippen LogP) is 2.25. The minimum Gasteiger partial charge on any atom is -0.372 e. The normalized spacial score (nSPS) is 11.0. The molecular weight excluding hydrogens is 530 g/mol. The first-order chi connectivity index (χ1) is 20.6. The molecule has 4 rings (SSSR count). The van der Waals surface area contributed by atoms with Crippen molar-refractivity contribution in [1.29, 1.82) is 0 Å². The maximum Gasteiger partial charge on any atom is 0.422 e. The van der Waals surface area contributed by atoms with Gasteiger partial charge in [0, 0.05) is 48.2 Å². The van der Waals surface area contributed by atoms with E-state index in [1.165, 1.54) is 0 Å². The first kappa shape index (κ1) is 30.0. The van der Waals surface area contributed by atoms with Crippen LogP contribution in [0, 0.1) is 0 Å². The summed E-state index contributed by atoms with van der Waals surface area (Å²) in [6, 6.07) is 19.6. The Morgan fingerprint density at radius 1 is 0.762 bits per heavy atom. The molecule has 0 unspecified atom stereocenters. The fraction of sp³-hybridized carbons (Fsp3) is 0.323. The molecule has 11 nitrogen and oxygen atoms in total. The van der Waals surface area contributed by atoms with E-state index in [1.807, 2.05) is 94.6 Å². The lowest BCUT2D eigenvalue weighted by atomic mass is 10.2. The van der Waals surface area contributed by atoms with Crippen molar-refractivity contribution in [3.63, 3.8) is 0 Å². The molecule has 0 aliphatic rings. The van der Waals surface area contributed by atoms with Crippen molar-refractivity contribution in [1.82, 2.24) is 15.2 Å². The van der Waals surface area contributed by atoms with E-state index in [2.05, 4.69) is 39.6 Å². The topological polar surface area (TPSA) is 103 Å². The van der Waals surface area contributed by atoms with Gasteiger partial charge in [0.05, 0.1) is 25.5 Å². The second-order valence-electron chi connectivity index (χ2n) is 9.67. The minimum atomic E-state index is -0.154. The molecule has 42 heavy (non-hydrogen) atoms. The number of nitrogens with one attached hydrogen (secondary N) is 2. The lowest BCUT2D eigenvalue weighted by Crippen LogP contribution is -2.45. The second kappa shape index (κ2) is 15.8. The van der Waals surface area contributed by atoms with Crippen LogP contribution in [0.25, 0.3) is 0 Å². The molecule has 0 spiro atoms. The molecule has 0 radical (unpaired) electrons. The number of hydrogen-bond acceptors (Lipinski definition) is 5. The van der Waals surface area contributed by atoms with Gasteiger partial charge in [0.15, 0.2) is 51.0 Å². The lowest BCUT2D eigenvalue weighted by molar-refractivity contribution is -0.695. The van der Waals surface area contributed by atoms with Crippen LogP contribution in [0.3, 0.4) is 0 Å². The summed E-state index contributed by atoms with van der Waals surface area (Å²) in [5.41, 5.74) is 1.80. The molecule has 3 aromatic heterocycles. The molecule has 2 N–H and O–H groups in total. The van der Waals surface area contributed by atoms with Crippen molar-refractivity contribution in [2.24, 2.45) is 10.2 Å². The highest BCUT2D eigenvalue weighted by Crippen LogP contribution is 2.21. The molecule has 0 bridgehead atoms. The number of benzene rings is 1. The number of hydrogen-bond donors (Lipinski definition) is 2. The maximum absolute atomic E-state index is 12.8. The van der Waals surface area contributed by atoms with Crippen LogP contribution in [0.4, 0.5) is 17.3 Å². The summed E-state index contributed by atoms with van der Waals surface area (Å²) in [6.45, 7) is 8.49. The van der Waals surface area contributed by atoms with Crippen LogP contribution in [0.15, 0.2) is 108 Å². The molecule has 3 heterocycles. The van der Waals surface area contributed by atoms with Crippen molar-refractivity contribution in [3.05, 3.63) is 97.8 Å². The van der Waals surface area contributed by atoms with Gasteiger partial charge in [-0.25, -0.2) is 18.3 Å². The van der Waals surface area contributed by atoms with Gasteiger partial charge in [-0.05, 0) is 38.1 Å². The van der Waals surface area contributed by atoms with E-state index < -0.39 is 0 Å². The molecule has 11 heteroatoms. The first-order valence-corrected chi connectivity index (χ1v) is 14.3. The van der Waals surface area contributed by atoms with Crippen molar-refractivity contribution in [2.45, 2.75) is 40.0 Å². The average Bonchev–Trinajstić information content (AvgIpc) is 3.38. The highest BCUT2D eigenvalue weighted by atomic mass is 16.2. The number of anilines is 1. The third kappa shape index (κ3) is 9.05. The number of carbonyl (C=O) groups is 2. The number of amides is 2. The Kier molecular flexibility index (Phi) is 11.3. The van der Waals surface area contributed by atoms with Crippen LogP contribution >= 0.6 is 0 Å². The molecule has 218 valence electrons. The number of rotatable bonds is 15. The summed E-state index contributed by atoms with van der Waals surface area (Å²) in [6.07, 6.45) is 11.3. The van der Waals surface area contributed by atoms with E-state index in [4.69, 9.17) is 0 Å². The predicted molar refractivity (Wildman–Crippen MR) is 158 cm³/mol. The number of pyridine rings is 2. The maximum atomic E-state index is 12.8. The van der Waals surface area contributed by atoms with E-state index in [0.29, 0.717) is 37.8 Å². The molecule has 0 saturated carbocycles. The number of aromatic nitrogens is 4. The third-order valence-corrected chi connectivity index (χ3v) is 6.74. The van der Waals surface area contributed by atoms with Gasteiger partial charge in [-0.15, -0.1) is 0 Å². The van der Waals surface area contributed by atoms with Crippen LogP contribution in [-0.2, 0) is 35.8 Å². The molecule has 0 aliphatic carbocycles. The number of imidazole rings is 1. The van der Waals surface area contributed by atoms with E-state index in [9.17, 15) is 9.59 Å². The standard InChI is InChI=1S/C31H38N9O2/c1-3-38(4-2)28-13-11-27(12-14-28)34-35-31-39(25-29(41)32-15-21-36-17-7-5-8-18-36)23-24-40(31)26-30(42)33-16-22-37-19-9-6-10-20-37/h5-14,17-20,23-24H,3-4,15-16,21-22,25-26H2,1-2H3/q+1/p+2. The Hall–Kier alpha value is -4.93. The monoisotopic (exact) mass is 570 g/mol. The van der Waals surface area contributed by atoms with E-state index in [0.717, 1.165) is 18.8 Å². The Morgan fingerprint density at radius 2 is 1.33 bits per heavy atom. The molecule has 0 atom stereocenters. The Labute approximate surface area is 246 Å². The zero-order valence-electron chi connectivity index (χ0n) is 24.3. The number of carbonyl (C=O) groups excluding carboxylic acids is 2. The van der Waals surface area contributed by atoms with Crippen molar-refractivity contribution in [2.75, 3.05) is 31.1 Å². The second-order valence-corrected chi connectivity index (χ2v) is 9.67. The number of azo groups is 1. The highest BCUT2D eigenvalue weighted by molar-refractivity contribution is 5.76. The Morgan fingerprint density at radius 3 is 1.90 bits per heavy atom. The van der Waals surface area contributed by atoms with Crippen LogP contribution in [-0.4, -0.2) is 42.6 Å². The van der Waals surface area contributed by atoms with E-state index >= 15 is 0 Å². The van der Waals surface area contributed by atoms with E-state index in [-0.39, 0.29) is 24.9 Å².